The average molecular weight is 737 g/mol. The van der Waals surface area contributed by atoms with E-state index in [1.807, 2.05) is 0 Å². The molecule has 3 saturated heterocycles. The molecule has 6 N–H and O–H groups in total. The normalized spacial score (nSPS) is 38.8. The molecule has 1 aromatic rings. The molecule has 0 radical (unpaired) electrons. The zero-order valence-electron chi connectivity index (χ0n) is 31.0. The first-order valence-electron chi connectivity index (χ1n) is 19.3. The van der Waals surface area contributed by atoms with Crippen molar-refractivity contribution in [2.75, 3.05) is 19.8 Å². The molecule has 3 fully saturated rings. The van der Waals surface area contributed by atoms with Crippen LogP contribution in [-0.4, -0.2) is 124 Å². The number of fused-ring (bicyclic) bond motifs is 3. The maximum Gasteiger partial charge on any atom is 0.202 e. The summed E-state index contributed by atoms with van der Waals surface area (Å²) < 4.78 is 43.9. The molecular formula is C39H60O13. The van der Waals surface area contributed by atoms with Crippen molar-refractivity contribution in [1.82, 2.24) is 0 Å². The van der Waals surface area contributed by atoms with Crippen molar-refractivity contribution in [2.24, 2.45) is 5.92 Å². The lowest BCUT2D eigenvalue weighted by Gasteiger charge is -2.47. The fraction of sp³-hybridized carbons (Fsp3) is 0.795. The number of aryl methyl sites for hydroxylation is 1. The fourth-order valence-corrected chi connectivity index (χ4v) is 8.52. The molecule has 4 aliphatic heterocycles. The molecule has 294 valence electrons. The molecule has 0 bridgehead atoms. The van der Waals surface area contributed by atoms with Gasteiger partial charge in [-0.15, -0.1) is 0 Å². The van der Waals surface area contributed by atoms with Gasteiger partial charge in [-0.3, -0.25) is 0 Å². The van der Waals surface area contributed by atoms with Crippen molar-refractivity contribution in [2.45, 2.75) is 171 Å². The molecule has 0 amide bonds. The molecule has 52 heavy (non-hydrogen) atoms. The number of rotatable bonds is 13. The van der Waals surface area contributed by atoms with Gasteiger partial charge in [-0.2, -0.15) is 0 Å². The number of hydrogen-bond donors (Lipinski definition) is 6. The second-order valence-corrected chi connectivity index (χ2v) is 15.9. The highest BCUT2D eigenvalue weighted by molar-refractivity contribution is 5.54. The first-order chi connectivity index (χ1) is 24.9. The summed E-state index contributed by atoms with van der Waals surface area (Å²) in [7, 11) is 0. The second-order valence-electron chi connectivity index (χ2n) is 15.9. The van der Waals surface area contributed by atoms with Gasteiger partial charge in [0, 0.05) is 43.1 Å². The molecular weight excluding hydrogens is 676 g/mol. The van der Waals surface area contributed by atoms with Crippen LogP contribution in [0.5, 0.6) is 11.5 Å². The van der Waals surface area contributed by atoms with Gasteiger partial charge in [-0.05, 0) is 64.2 Å². The predicted octanol–water partition coefficient (Wildman–Crippen LogP) is 2.97. The Labute approximate surface area is 306 Å². The summed E-state index contributed by atoms with van der Waals surface area (Å²) in [5.41, 5.74) is 3.03. The number of aliphatic hydroxyl groups excluding tert-OH is 6. The topological polar surface area (TPSA) is 186 Å². The Hall–Kier alpha value is -1.88. The molecule has 1 aliphatic carbocycles. The molecule has 0 aromatic heterocycles. The zero-order valence-corrected chi connectivity index (χ0v) is 31.0. The SMILES string of the molecule is CCCCCc1cc(O[C@H]2C[C@@H](O)[C@H](O[C@H]3C[C@@H](O)[C@H](O)[C@@H](CO)O3)[C@@H](CO[C@H]3C[C@@H](O)C[C@@H](CO)O3)O2)c2c(c1)OC(C)(C)[C@@H]1CCC(C)=C[C@@H]21. The lowest BCUT2D eigenvalue weighted by atomic mass is 9.68. The molecule has 0 spiro atoms. The number of hydrogen-bond acceptors (Lipinski definition) is 13. The summed E-state index contributed by atoms with van der Waals surface area (Å²) in [6, 6.07) is 4.23. The van der Waals surface area contributed by atoms with Crippen LogP contribution in [0.25, 0.3) is 0 Å². The number of benzene rings is 1. The van der Waals surface area contributed by atoms with Crippen LogP contribution in [0.1, 0.15) is 103 Å². The summed E-state index contributed by atoms with van der Waals surface area (Å²) >= 11 is 0. The Kier molecular flexibility index (Phi) is 13.2. The molecule has 13 atom stereocenters. The minimum Gasteiger partial charge on any atom is -0.487 e. The molecule has 4 heterocycles. The van der Waals surface area contributed by atoms with Crippen molar-refractivity contribution in [3.8, 4) is 11.5 Å². The third kappa shape index (κ3) is 9.14. The van der Waals surface area contributed by atoms with E-state index in [0.717, 1.165) is 55.4 Å². The maximum atomic E-state index is 11.6. The van der Waals surface area contributed by atoms with E-state index in [1.54, 1.807) is 0 Å². The molecule has 13 heteroatoms. The second kappa shape index (κ2) is 17.3. The van der Waals surface area contributed by atoms with Crippen LogP contribution >= 0.6 is 0 Å². The first kappa shape index (κ1) is 39.8. The largest absolute Gasteiger partial charge is 0.487 e. The third-order valence-corrected chi connectivity index (χ3v) is 11.4. The van der Waals surface area contributed by atoms with E-state index in [0.29, 0.717) is 5.75 Å². The van der Waals surface area contributed by atoms with Crippen molar-refractivity contribution in [3.63, 3.8) is 0 Å². The fourth-order valence-electron chi connectivity index (χ4n) is 8.52. The van der Waals surface area contributed by atoms with E-state index >= 15 is 0 Å². The highest BCUT2D eigenvalue weighted by Crippen LogP contribution is 2.54. The smallest absolute Gasteiger partial charge is 0.202 e. The molecule has 13 nitrogen and oxygen atoms in total. The van der Waals surface area contributed by atoms with E-state index < -0.39 is 74.3 Å². The van der Waals surface area contributed by atoms with Gasteiger partial charge in [0.25, 0.3) is 0 Å². The number of allylic oxidation sites excluding steroid dienone is 2. The Morgan fingerprint density at radius 3 is 2.38 bits per heavy atom. The zero-order chi connectivity index (χ0) is 37.2. The van der Waals surface area contributed by atoms with Crippen LogP contribution in [0.15, 0.2) is 23.8 Å². The summed E-state index contributed by atoms with van der Waals surface area (Å²) in [5.74, 6) is 1.78. The van der Waals surface area contributed by atoms with Gasteiger partial charge in [-0.1, -0.05) is 31.4 Å². The lowest BCUT2D eigenvalue weighted by Crippen LogP contribution is -2.57. The first-order valence-corrected chi connectivity index (χ1v) is 19.3. The van der Waals surface area contributed by atoms with E-state index in [2.05, 4.69) is 45.9 Å². The summed E-state index contributed by atoms with van der Waals surface area (Å²) in [6.45, 7) is 7.74. The van der Waals surface area contributed by atoms with Crippen LogP contribution in [0, 0.1) is 5.92 Å². The molecule has 0 unspecified atom stereocenters. The maximum absolute atomic E-state index is 11.6. The third-order valence-electron chi connectivity index (χ3n) is 11.4. The standard InChI is InChI=1S/C39H60O13/c1-5-6-7-8-22-12-29(36-25-11-21(2)9-10-26(25)39(3,4)52-30(36)13-22)48-34-17-28(44)38(51-35-16-27(43)37(45)31(19-41)49-35)32(50-34)20-46-33-15-23(42)14-24(18-40)47-33/h11-13,23-28,31-35,37-38,40-45H,5-10,14-20H2,1-4H3/t23-,24-,25+,26+,27+,28+,31+,32+,33+,34+,35-,37-,38-/m0/s1. The number of ether oxygens (including phenoxy) is 7. The van der Waals surface area contributed by atoms with Crippen molar-refractivity contribution in [1.29, 1.82) is 0 Å². The van der Waals surface area contributed by atoms with Gasteiger partial charge in [0.2, 0.25) is 6.29 Å². The Balaban J connectivity index is 1.27. The number of unbranched alkanes of at least 4 members (excludes halogenated alkanes) is 2. The minimum absolute atomic E-state index is 0.0396. The molecule has 5 aliphatic rings. The summed E-state index contributed by atoms with van der Waals surface area (Å²) in [4.78, 5) is 0. The quantitative estimate of drug-likeness (QED) is 0.128. The van der Waals surface area contributed by atoms with Gasteiger partial charge in [-0.25, -0.2) is 0 Å². The predicted molar refractivity (Wildman–Crippen MR) is 188 cm³/mol. The van der Waals surface area contributed by atoms with Gasteiger partial charge in [0.05, 0.1) is 44.2 Å². The van der Waals surface area contributed by atoms with E-state index in [1.165, 1.54) is 5.57 Å². The van der Waals surface area contributed by atoms with Gasteiger partial charge >= 0.3 is 0 Å². The van der Waals surface area contributed by atoms with Crippen LogP contribution in [0.3, 0.4) is 0 Å². The van der Waals surface area contributed by atoms with Crippen LogP contribution in [-0.2, 0) is 30.1 Å². The number of aliphatic hydroxyl groups is 6. The monoisotopic (exact) mass is 736 g/mol. The van der Waals surface area contributed by atoms with Gasteiger partial charge in [0.1, 0.15) is 41.5 Å². The van der Waals surface area contributed by atoms with E-state index in [-0.39, 0.29) is 56.3 Å². The van der Waals surface area contributed by atoms with Gasteiger partial charge < -0.3 is 63.8 Å². The van der Waals surface area contributed by atoms with Gasteiger partial charge in [0.15, 0.2) is 12.6 Å². The highest BCUT2D eigenvalue weighted by atomic mass is 16.7. The Morgan fingerprint density at radius 2 is 1.63 bits per heavy atom. The molecule has 0 saturated carbocycles. The van der Waals surface area contributed by atoms with E-state index in [9.17, 15) is 30.6 Å². The lowest BCUT2D eigenvalue weighted by molar-refractivity contribution is -0.320. The molecule has 1 aromatic carbocycles. The molecule has 6 rings (SSSR count). The van der Waals surface area contributed by atoms with Crippen molar-refractivity contribution >= 4 is 0 Å². The minimum atomic E-state index is -1.29. The summed E-state index contributed by atoms with van der Waals surface area (Å²) in [6.07, 6.45) is -1.87. The van der Waals surface area contributed by atoms with Crippen molar-refractivity contribution in [3.05, 3.63) is 34.9 Å². The van der Waals surface area contributed by atoms with Crippen LogP contribution in [0.2, 0.25) is 0 Å². The Morgan fingerprint density at radius 1 is 0.865 bits per heavy atom. The van der Waals surface area contributed by atoms with Crippen LogP contribution in [0.4, 0.5) is 0 Å². The highest BCUT2D eigenvalue weighted by Gasteiger charge is 2.48. The summed E-state index contributed by atoms with van der Waals surface area (Å²) in [5, 5.41) is 62.1. The van der Waals surface area contributed by atoms with E-state index in [4.69, 9.17) is 33.2 Å². The Bertz CT molecular complexity index is 1350. The van der Waals surface area contributed by atoms with Crippen LogP contribution < -0.4 is 9.47 Å². The van der Waals surface area contributed by atoms with Crippen molar-refractivity contribution < 1.29 is 63.8 Å². The average Bonchev–Trinajstić information content (AvgIpc) is 3.09.